The van der Waals surface area contributed by atoms with Gasteiger partial charge in [0.1, 0.15) is 12.4 Å². The van der Waals surface area contributed by atoms with Crippen molar-refractivity contribution in [2.45, 2.75) is 39.6 Å². The molecule has 178 valence electrons. The molecule has 3 aromatic carbocycles. The van der Waals surface area contributed by atoms with Gasteiger partial charge < -0.3 is 24.3 Å². The highest BCUT2D eigenvalue weighted by Crippen LogP contribution is 2.29. The average molecular weight is 464 g/mol. The predicted molar refractivity (Wildman–Crippen MR) is 129 cm³/mol. The van der Waals surface area contributed by atoms with Gasteiger partial charge in [-0.25, -0.2) is 4.79 Å². The fourth-order valence-corrected chi connectivity index (χ4v) is 3.05. The summed E-state index contributed by atoms with van der Waals surface area (Å²) in [5.74, 6) is 0.533. The van der Waals surface area contributed by atoms with E-state index in [1.807, 2.05) is 44.2 Å². The van der Waals surface area contributed by atoms with Gasteiger partial charge in [0.2, 0.25) is 0 Å². The first kappa shape index (κ1) is 24.6. The Morgan fingerprint density at radius 1 is 0.882 bits per heavy atom. The lowest BCUT2D eigenvalue weighted by atomic mass is 10.2. The van der Waals surface area contributed by atoms with Gasteiger partial charge in [-0.15, -0.1) is 0 Å². The van der Waals surface area contributed by atoms with Crippen molar-refractivity contribution in [1.82, 2.24) is 0 Å². The molecule has 1 unspecified atom stereocenters. The molecule has 0 spiro atoms. The van der Waals surface area contributed by atoms with E-state index in [0.29, 0.717) is 29.5 Å². The Morgan fingerprint density at radius 3 is 2.24 bits per heavy atom. The number of rotatable bonds is 10. The highest BCUT2D eigenvalue weighted by molar-refractivity contribution is 5.97. The molecule has 34 heavy (non-hydrogen) atoms. The van der Waals surface area contributed by atoms with Crippen LogP contribution in [0.3, 0.4) is 0 Å². The van der Waals surface area contributed by atoms with Crippen LogP contribution < -0.4 is 19.5 Å². The molecule has 0 bridgehead atoms. The summed E-state index contributed by atoms with van der Waals surface area (Å²) in [6.07, 6.45) is -1.04. The number of hydrogen-bond acceptors (Lipinski definition) is 6. The molecule has 1 atom stereocenters. The normalized spacial score (nSPS) is 11.4. The number of methoxy groups -OCH3 is 1. The third-order valence-electron chi connectivity index (χ3n) is 4.79. The van der Waals surface area contributed by atoms with Crippen LogP contribution in [-0.2, 0) is 16.1 Å². The van der Waals surface area contributed by atoms with E-state index in [9.17, 15) is 9.59 Å². The van der Waals surface area contributed by atoms with Gasteiger partial charge in [-0.2, -0.15) is 0 Å². The lowest BCUT2D eigenvalue weighted by Gasteiger charge is -2.16. The van der Waals surface area contributed by atoms with E-state index in [0.717, 1.165) is 5.56 Å². The van der Waals surface area contributed by atoms with E-state index in [-0.39, 0.29) is 11.7 Å². The highest BCUT2D eigenvalue weighted by atomic mass is 16.5. The summed E-state index contributed by atoms with van der Waals surface area (Å²) in [4.78, 5) is 25.0. The number of hydrogen-bond donors (Lipinski definition) is 1. The molecule has 0 heterocycles. The van der Waals surface area contributed by atoms with Crippen molar-refractivity contribution >= 4 is 17.6 Å². The Labute approximate surface area is 199 Å². The van der Waals surface area contributed by atoms with Crippen LogP contribution in [0.15, 0.2) is 72.8 Å². The number of carbonyl (C=O) groups excluding carboxylic acids is 2. The molecule has 0 aliphatic rings. The molecule has 0 aliphatic carbocycles. The number of ether oxygens (including phenoxy) is 4. The van der Waals surface area contributed by atoms with Crippen molar-refractivity contribution in [3.8, 4) is 17.2 Å². The summed E-state index contributed by atoms with van der Waals surface area (Å²) >= 11 is 0. The summed E-state index contributed by atoms with van der Waals surface area (Å²) in [6.45, 7) is 5.76. The first-order valence-corrected chi connectivity index (χ1v) is 11.0. The Morgan fingerprint density at radius 2 is 1.59 bits per heavy atom. The molecule has 7 heteroatoms. The number of anilines is 1. The second-order valence-electron chi connectivity index (χ2n) is 7.87. The Kier molecular flexibility index (Phi) is 8.51. The van der Waals surface area contributed by atoms with Gasteiger partial charge in [-0.05, 0) is 68.8 Å². The van der Waals surface area contributed by atoms with Gasteiger partial charge in [0.05, 0.1) is 18.8 Å². The number of benzene rings is 3. The third kappa shape index (κ3) is 7.00. The molecule has 3 rings (SSSR count). The molecule has 0 fully saturated rings. The summed E-state index contributed by atoms with van der Waals surface area (Å²) in [6, 6.07) is 21.6. The van der Waals surface area contributed by atoms with Crippen LogP contribution in [0.4, 0.5) is 5.69 Å². The zero-order chi connectivity index (χ0) is 24.5. The van der Waals surface area contributed by atoms with Gasteiger partial charge >= 0.3 is 5.97 Å². The van der Waals surface area contributed by atoms with Crippen LogP contribution in [-0.4, -0.2) is 31.2 Å². The van der Waals surface area contributed by atoms with Crippen LogP contribution in [0, 0.1) is 0 Å². The van der Waals surface area contributed by atoms with Gasteiger partial charge in [0.15, 0.2) is 17.6 Å². The van der Waals surface area contributed by atoms with E-state index >= 15 is 0 Å². The summed E-state index contributed by atoms with van der Waals surface area (Å²) in [5, 5.41) is 2.74. The number of nitrogens with one attached hydrogen (secondary N) is 1. The highest BCUT2D eigenvalue weighted by Gasteiger charge is 2.20. The SMILES string of the molecule is COc1cc(C(=O)OC(C)C(=O)Nc2ccc(OCc3ccccc3)cc2)ccc1OC(C)C. The smallest absolute Gasteiger partial charge is 0.339 e. The van der Waals surface area contributed by atoms with Crippen molar-refractivity contribution in [2.24, 2.45) is 0 Å². The fraction of sp³-hybridized carbons (Fsp3) is 0.259. The monoisotopic (exact) mass is 463 g/mol. The van der Waals surface area contributed by atoms with E-state index in [2.05, 4.69) is 5.32 Å². The van der Waals surface area contributed by atoms with Crippen LogP contribution in [0.1, 0.15) is 36.7 Å². The van der Waals surface area contributed by atoms with E-state index in [1.165, 1.54) is 20.1 Å². The molecule has 1 amide bonds. The standard InChI is InChI=1S/C27H29NO6/c1-18(2)33-24-15-10-21(16-25(24)31-4)27(30)34-19(3)26(29)28-22-11-13-23(14-12-22)32-17-20-8-6-5-7-9-20/h5-16,18-19H,17H2,1-4H3,(H,28,29). The quantitative estimate of drug-likeness (QED) is 0.414. The number of esters is 1. The molecular weight excluding hydrogens is 434 g/mol. The lowest BCUT2D eigenvalue weighted by molar-refractivity contribution is -0.123. The van der Waals surface area contributed by atoms with E-state index < -0.39 is 18.0 Å². The average Bonchev–Trinajstić information content (AvgIpc) is 2.84. The maximum atomic E-state index is 12.5. The maximum Gasteiger partial charge on any atom is 0.339 e. The predicted octanol–water partition coefficient (Wildman–Crippen LogP) is 5.25. The second kappa shape index (κ2) is 11.7. The molecule has 3 aromatic rings. The van der Waals surface area contributed by atoms with Crippen LogP contribution in [0.2, 0.25) is 0 Å². The van der Waals surface area contributed by atoms with Crippen molar-refractivity contribution < 1.29 is 28.5 Å². The van der Waals surface area contributed by atoms with Crippen molar-refractivity contribution in [3.05, 3.63) is 83.9 Å². The van der Waals surface area contributed by atoms with E-state index in [4.69, 9.17) is 18.9 Å². The molecule has 0 aliphatic heterocycles. The lowest BCUT2D eigenvalue weighted by Crippen LogP contribution is -2.30. The molecule has 0 aromatic heterocycles. The minimum Gasteiger partial charge on any atom is -0.493 e. The molecule has 0 saturated carbocycles. The van der Waals surface area contributed by atoms with Gasteiger partial charge in [0.25, 0.3) is 5.91 Å². The zero-order valence-corrected chi connectivity index (χ0v) is 19.7. The molecule has 7 nitrogen and oxygen atoms in total. The van der Waals surface area contributed by atoms with Crippen molar-refractivity contribution in [1.29, 1.82) is 0 Å². The molecular formula is C27H29NO6. The molecule has 1 N–H and O–H groups in total. The summed E-state index contributed by atoms with van der Waals surface area (Å²) < 4.78 is 22.0. The fourth-order valence-electron chi connectivity index (χ4n) is 3.05. The maximum absolute atomic E-state index is 12.5. The Balaban J connectivity index is 1.53. The van der Waals surface area contributed by atoms with Crippen LogP contribution >= 0.6 is 0 Å². The minimum absolute atomic E-state index is 0.0417. The van der Waals surface area contributed by atoms with Crippen molar-refractivity contribution in [2.75, 3.05) is 12.4 Å². The van der Waals surface area contributed by atoms with Gasteiger partial charge in [-0.1, -0.05) is 30.3 Å². The zero-order valence-electron chi connectivity index (χ0n) is 19.7. The first-order valence-electron chi connectivity index (χ1n) is 11.0. The Hall–Kier alpha value is -4.00. The number of amides is 1. The number of carbonyl (C=O) groups is 2. The first-order chi connectivity index (χ1) is 16.4. The van der Waals surface area contributed by atoms with E-state index in [1.54, 1.807) is 36.4 Å². The Bertz CT molecular complexity index is 1100. The summed E-state index contributed by atoms with van der Waals surface area (Å²) in [5.41, 5.74) is 1.89. The van der Waals surface area contributed by atoms with Gasteiger partial charge in [-0.3, -0.25) is 4.79 Å². The molecule has 0 saturated heterocycles. The largest absolute Gasteiger partial charge is 0.493 e. The second-order valence-corrected chi connectivity index (χ2v) is 7.87. The molecule has 0 radical (unpaired) electrons. The van der Waals surface area contributed by atoms with Crippen LogP contribution in [0.25, 0.3) is 0 Å². The van der Waals surface area contributed by atoms with Crippen LogP contribution in [0.5, 0.6) is 17.2 Å². The third-order valence-corrected chi connectivity index (χ3v) is 4.79. The summed E-state index contributed by atoms with van der Waals surface area (Å²) in [7, 11) is 1.49. The minimum atomic E-state index is -1.00. The van der Waals surface area contributed by atoms with Gasteiger partial charge in [0, 0.05) is 5.69 Å². The van der Waals surface area contributed by atoms with Crippen molar-refractivity contribution in [3.63, 3.8) is 0 Å². The topological polar surface area (TPSA) is 83.1 Å².